The lowest BCUT2D eigenvalue weighted by Crippen LogP contribution is -2.04. The quantitative estimate of drug-likeness (QED) is 0.720. The molecule has 0 bridgehead atoms. The molecular weight excluding hydrogens is 331 g/mol. The van der Waals surface area contributed by atoms with E-state index in [0.29, 0.717) is 15.1 Å². The smallest absolute Gasteiger partial charge is 0.168 e. The van der Waals surface area contributed by atoms with Crippen LogP contribution in [0.15, 0.2) is 40.9 Å². The third-order valence-corrected chi connectivity index (χ3v) is 3.69. The van der Waals surface area contributed by atoms with Gasteiger partial charge >= 0.3 is 0 Å². The summed E-state index contributed by atoms with van der Waals surface area (Å²) in [7, 11) is 0. The van der Waals surface area contributed by atoms with E-state index in [1.807, 2.05) is 13.0 Å². The fourth-order valence-corrected chi connectivity index (χ4v) is 2.54. The molecule has 0 saturated carbocycles. The van der Waals surface area contributed by atoms with Gasteiger partial charge in [0.1, 0.15) is 5.82 Å². The molecule has 0 radical (unpaired) electrons. The molecule has 0 spiro atoms. The van der Waals surface area contributed by atoms with Crippen LogP contribution in [0, 0.1) is 12.7 Å². The van der Waals surface area contributed by atoms with Crippen LogP contribution < -0.4 is 0 Å². The Balaban J connectivity index is 2.23. The van der Waals surface area contributed by atoms with E-state index in [1.165, 1.54) is 6.07 Å². The Labute approximate surface area is 124 Å². The van der Waals surface area contributed by atoms with E-state index in [9.17, 15) is 9.18 Å². The second-order valence-electron chi connectivity index (χ2n) is 4.33. The minimum Gasteiger partial charge on any atom is -0.294 e. The number of benzene rings is 2. The van der Waals surface area contributed by atoms with Crippen molar-refractivity contribution in [2.24, 2.45) is 0 Å². The van der Waals surface area contributed by atoms with Crippen molar-refractivity contribution in [3.8, 4) is 0 Å². The summed E-state index contributed by atoms with van der Waals surface area (Å²) >= 11 is 9.16. The predicted molar refractivity (Wildman–Crippen MR) is 78.3 cm³/mol. The van der Waals surface area contributed by atoms with Crippen LogP contribution in [0.5, 0.6) is 0 Å². The summed E-state index contributed by atoms with van der Waals surface area (Å²) < 4.78 is 13.5. The number of carbonyl (C=O) groups excluding carboxylic acids is 1. The van der Waals surface area contributed by atoms with Gasteiger partial charge in [0, 0.05) is 12.0 Å². The molecule has 0 amide bonds. The zero-order valence-electron chi connectivity index (χ0n) is 10.2. The minimum atomic E-state index is -0.343. The van der Waals surface area contributed by atoms with Crippen molar-refractivity contribution in [1.82, 2.24) is 0 Å². The van der Waals surface area contributed by atoms with Crippen molar-refractivity contribution in [2.45, 2.75) is 13.3 Å². The summed E-state index contributed by atoms with van der Waals surface area (Å²) in [6, 6.07) is 9.87. The van der Waals surface area contributed by atoms with Crippen molar-refractivity contribution < 1.29 is 9.18 Å². The first-order valence-corrected chi connectivity index (χ1v) is 6.88. The topological polar surface area (TPSA) is 17.1 Å². The maximum Gasteiger partial charge on any atom is 0.168 e. The third-order valence-electron chi connectivity index (χ3n) is 2.77. The molecule has 1 nitrogen and oxygen atoms in total. The highest BCUT2D eigenvalue weighted by molar-refractivity contribution is 9.10. The SMILES string of the molecule is Cc1ccc(C(=O)Cc2ccc(F)c(Br)c2)c(Cl)c1. The van der Waals surface area contributed by atoms with Gasteiger partial charge in [0.2, 0.25) is 0 Å². The standard InChI is InChI=1S/C15H11BrClFO/c1-9-2-4-11(13(17)6-9)15(19)8-10-3-5-14(18)12(16)7-10/h2-7H,8H2,1H3. The van der Waals surface area contributed by atoms with Crippen LogP contribution in [0.2, 0.25) is 5.02 Å². The average molecular weight is 342 g/mol. The van der Waals surface area contributed by atoms with Gasteiger partial charge < -0.3 is 0 Å². The number of carbonyl (C=O) groups is 1. The Bertz CT molecular complexity index is 640. The Morgan fingerprint density at radius 1 is 1.26 bits per heavy atom. The van der Waals surface area contributed by atoms with E-state index in [2.05, 4.69) is 15.9 Å². The number of aryl methyl sites for hydroxylation is 1. The number of hydrogen-bond donors (Lipinski definition) is 0. The van der Waals surface area contributed by atoms with Gasteiger partial charge in [-0.2, -0.15) is 0 Å². The Hall–Kier alpha value is -1.19. The molecule has 0 N–H and O–H groups in total. The van der Waals surface area contributed by atoms with Crippen LogP contribution in [-0.2, 0) is 6.42 Å². The molecule has 0 unspecified atom stereocenters. The molecule has 2 rings (SSSR count). The van der Waals surface area contributed by atoms with E-state index >= 15 is 0 Å². The van der Waals surface area contributed by atoms with E-state index in [-0.39, 0.29) is 18.0 Å². The lowest BCUT2D eigenvalue weighted by atomic mass is 10.0. The van der Waals surface area contributed by atoms with Gasteiger partial charge in [-0.1, -0.05) is 23.7 Å². The highest BCUT2D eigenvalue weighted by atomic mass is 79.9. The first-order chi connectivity index (χ1) is 8.97. The van der Waals surface area contributed by atoms with Crippen LogP contribution in [0.3, 0.4) is 0 Å². The maximum absolute atomic E-state index is 13.1. The first kappa shape index (κ1) is 14.2. The molecule has 0 aliphatic rings. The fourth-order valence-electron chi connectivity index (χ4n) is 1.78. The average Bonchev–Trinajstić information content (AvgIpc) is 2.33. The summed E-state index contributed by atoms with van der Waals surface area (Å²) in [5.41, 5.74) is 2.24. The summed E-state index contributed by atoms with van der Waals surface area (Å²) in [5.74, 6) is -0.423. The second-order valence-corrected chi connectivity index (χ2v) is 5.59. The molecule has 4 heteroatoms. The van der Waals surface area contributed by atoms with Crippen molar-refractivity contribution in [3.05, 3.63) is 68.4 Å². The second kappa shape index (κ2) is 5.85. The van der Waals surface area contributed by atoms with Gasteiger partial charge in [-0.05, 0) is 58.2 Å². The highest BCUT2D eigenvalue weighted by Gasteiger charge is 2.12. The van der Waals surface area contributed by atoms with Crippen molar-refractivity contribution in [3.63, 3.8) is 0 Å². The molecule has 2 aromatic carbocycles. The third kappa shape index (κ3) is 3.43. The Morgan fingerprint density at radius 3 is 2.63 bits per heavy atom. The molecule has 0 heterocycles. The van der Waals surface area contributed by atoms with Crippen molar-refractivity contribution in [1.29, 1.82) is 0 Å². The van der Waals surface area contributed by atoms with Crippen LogP contribution in [0.1, 0.15) is 21.5 Å². The molecule has 0 atom stereocenters. The van der Waals surface area contributed by atoms with E-state index in [1.54, 1.807) is 24.3 Å². The number of rotatable bonds is 3. The number of Topliss-reactive ketones (excluding diaryl/α,β-unsaturated/α-hetero) is 1. The molecule has 0 saturated heterocycles. The lowest BCUT2D eigenvalue weighted by molar-refractivity contribution is 0.0993. The maximum atomic E-state index is 13.1. The zero-order chi connectivity index (χ0) is 14.0. The largest absolute Gasteiger partial charge is 0.294 e. The highest BCUT2D eigenvalue weighted by Crippen LogP contribution is 2.21. The zero-order valence-corrected chi connectivity index (χ0v) is 12.6. The van der Waals surface area contributed by atoms with Crippen LogP contribution in [0.4, 0.5) is 4.39 Å². The van der Waals surface area contributed by atoms with Gasteiger partial charge in [0.15, 0.2) is 5.78 Å². The lowest BCUT2D eigenvalue weighted by Gasteiger charge is -2.05. The molecular formula is C15H11BrClFO. The molecule has 98 valence electrons. The van der Waals surface area contributed by atoms with Crippen molar-refractivity contribution in [2.75, 3.05) is 0 Å². The summed E-state index contributed by atoms with van der Waals surface area (Å²) in [6.45, 7) is 1.91. The molecule has 0 aliphatic carbocycles. The van der Waals surface area contributed by atoms with Gasteiger partial charge in [-0.3, -0.25) is 4.79 Å². The fraction of sp³-hybridized carbons (Fsp3) is 0.133. The molecule has 19 heavy (non-hydrogen) atoms. The van der Waals surface area contributed by atoms with Crippen LogP contribution in [0.25, 0.3) is 0 Å². The van der Waals surface area contributed by atoms with Crippen molar-refractivity contribution >= 4 is 33.3 Å². The number of ketones is 1. The molecule has 0 fully saturated rings. The number of halogens is 3. The number of hydrogen-bond acceptors (Lipinski definition) is 1. The predicted octanol–water partition coefficient (Wildman–Crippen LogP) is 4.98. The van der Waals surface area contributed by atoms with Gasteiger partial charge in [0.05, 0.1) is 9.50 Å². The summed E-state index contributed by atoms with van der Waals surface area (Å²) in [4.78, 5) is 12.1. The molecule has 2 aromatic rings. The monoisotopic (exact) mass is 340 g/mol. The normalized spacial score (nSPS) is 10.5. The summed E-state index contributed by atoms with van der Waals surface area (Å²) in [5, 5.41) is 0.450. The molecule has 0 aromatic heterocycles. The van der Waals surface area contributed by atoms with E-state index < -0.39 is 0 Å². The summed E-state index contributed by atoms with van der Waals surface area (Å²) in [6.07, 6.45) is 0.196. The van der Waals surface area contributed by atoms with Crippen LogP contribution in [-0.4, -0.2) is 5.78 Å². The van der Waals surface area contributed by atoms with Crippen LogP contribution >= 0.6 is 27.5 Å². The van der Waals surface area contributed by atoms with E-state index in [4.69, 9.17) is 11.6 Å². The Kier molecular flexibility index (Phi) is 4.38. The first-order valence-electron chi connectivity index (χ1n) is 5.70. The van der Waals surface area contributed by atoms with Gasteiger partial charge in [0.25, 0.3) is 0 Å². The minimum absolute atomic E-state index is 0.0801. The Morgan fingerprint density at radius 2 is 2.00 bits per heavy atom. The molecule has 0 aliphatic heterocycles. The van der Waals surface area contributed by atoms with Gasteiger partial charge in [-0.15, -0.1) is 0 Å². The van der Waals surface area contributed by atoms with Gasteiger partial charge in [-0.25, -0.2) is 4.39 Å². The van der Waals surface area contributed by atoms with E-state index in [0.717, 1.165) is 11.1 Å².